The van der Waals surface area contributed by atoms with Gasteiger partial charge in [0, 0.05) is 25.4 Å². The molecule has 3 N–H and O–H groups in total. The largest absolute Gasteiger partial charge is 0.352 e. The van der Waals surface area contributed by atoms with E-state index in [1.807, 2.05) is 13.0 Å². The number of nitrogens with zero attached hydrogens (tertiary/aromatic N) is 1. The number of aromatic nitrogens is 1. The SMILES string of the molecule is Cc1ccncc1CNC(=O)CCC(C)CCN. The molecule has 0 bridgehead atoms. The van der Waals surface area contributed by atoms with Crippen LogP contribution in [-0.4, -0.2) is 17.4 Å². The predicted octanol–water partition coefficient (Wildman–Crippen LogP) is 1.77. The second-order valence-electron chi connectivity index (χ2n) is 4.80. The Morgan fingerprint density at radius 1 is 1.50 bits per heavy atom. The number of hydrogen-bond acceptors (Lipinski definition) is 3. The van der Waals surface area contributed by atoms with E-state index in [4.69, 9.17) is 5.73 Å². The lowest BCUT2D eigenvalue weighted by molar-refractivity contribution is -0.121. The van der Waals surface area contributed by atoms with Crippen molar-refractivity contribution in [2.45, 2.75) is 39.7 Å². The highest BCUT2D eigenvalue weighted by Crippen LogP contribution is 2.09. The molecule has 1 aromatic rings. The van der Waals surface area contributed by atoms with Crippen LogP contribution >= 0.6 is 0 Å². The first-order valence-electron chi connectivity index (χ1n) is 6.49. The van der Waals surface area contributed by atoms with Crippen molar-refractivity contribution in [2.75, 3.05) is 6.54 Å². The number of nitrogens with one attached hydrogen (secondary N) is 1. The van der Waals surface area contributed by atoms with E-state index < -0.39 is 0 Å². The van der Waals surface area contributed by atoms with Gasteiger partial charge in [-0.3, -0.25) is 9.78 Å². The van der Waals surface area contributed by atoms with Crippen molar-refractivity contribution >= 4 is 5.91 Å². The molecule has 0 fully saturated rings. The molecule has 100 valence electrons. The fourth-order valence-corrected chi connectivity index (χ4v) is 1.77. The number of carbonyl (C=O) groups excluding carboxylic acids is 1. The summed E-state index contributed by atoms with van der Waals surface area (Å²) in [6, 6.07) is 1.95. The molecule has 0 spiro atoms. The van der Waals surface area contributed by atoms with E-state index in [9.17, 15) is 4.79 Å². The number of rotatable bonds is 7. The summed E-state index contributed by atoms with van der Waals surface area (Å²) in [5.41, 5.74) is 7.70. The second-order valence-corrected chi connectivity index (χ2v) is 4.80. The highest BCUT2D eigenvalue weighted by atomic mass is 16.1. The smallest absolute Gasteiger partial charge is 0.220 e. The molecular weight excluding hydrogens is 226 g/mol. The summed E-state index contributed by atoms with van der Waals surface area (Å²) in [6.07, 6.45) is 6.01. The standard InChI is InChI=1S/C14H23N3O/c1-11(5-7-15)3-4-14(18)17-10-13-9-16-8-6-12(13)2/h6,8-9,11H,3-5,7,10,15H2,1-2H3,(H,17,18). The van der Waals surface area contributed by atoms with Gasteiger partial charge in [-0.05, 0) is 49.4 Å². The van der Waals surface area contributed by atoms with Crippen LogP contribution < -0.4 is 11.1 Å². The molecule has 1 atom stereocenters. The van der Waals surface area contributed by atoms with E-state index in [0.29, 0.717) is 25.4 Å². The van der Waals surface area contributed by atoms with Crippen molar-refractivity contribution in [1.29, 1.82) is 0 Å². The van der Waals surface area contributed by atoms with E-state index in [0.717, 1.165) is 24.0 Å². The van der Waals surface area contributed by atoms with Crippen molar-refractivity contribution in [1.82, 2.24) is 10.3 Å². The van der Waals surface area contributed by atoms with Crippen molar-refractivity contribution < 1.29 is 4.79 Å². The maximum Gasteiger partial charge on any atom is 0.220 e. The number of carbonyl (C=O) groups is 1. The molecule has 0 aliphatic carbocycles. The second kappa shape index (κ2) is 7.82. The molecule has 4 heteroatoms. The Morgan fingerprint density at radius 3 is 2.94 bits per heavy atom. The maximum atomic E-state index is 11.7. The van der Waals surface area contributed by atoms with Gasteiger partial charge in [0.1, 0.15) is 0 Å². The Kier molecular flexibility index (Phi) is 6.36. The number of hydrogen-bond donors (Lipinski definition) is 2. The van der Waals surface area contributed by atoms with Crippen LogP contribution in [0.5, 0.6) is 0 Å². The quantitative estimate of drug-likeness (QED) is 0.774. The molecule has 1 heterocycles. The highest BCUT2D eigenvalue weighted by Gasteiger charge is 2.06. The van der Waals surface area contributed by atoms with E-state index in [1.165, 1.54) is 0 Å². The Labute approximate surface area is 109 Å². The molecule has 0 aliphatic rings. The van der Waals surface area contributed by atoms with E-state index in [2.05, 4.69) is 17.2 Å². The number of aryl methyl sites for hydroxylation is 1. The van der Waals surface area contributed by atoms with Gasteiger partial charge in [0.25, 0.3) is 0 Å². The van der Waals surface area contributed by atoms with Crippen molar-refractivity contribution in [3.8, 4) is 0 Å². The van der Waals surface area contributed by atoms with Gasteiger partial charge in [0.15, 0.2) is 0 Å². The first-order valence-corrected chi connectivity index (χ1v) is 6.49. The number of amides is 1. The van der Waals surface area contributed by atoms with Gasteiger partial charge in [-0.25, -0.2) is 0 Å². The first kappa shape index (κ1) is 14.6. The van der Waals surface area contributed by atoms with Crippen LogP contribution in [0.25, 0.3) is 0 Å². The Bertz CT molecular complexity index is 379. The summed E-state index contributed by atoms with van der Waals surface area (Å²) >= 11 is 0. The molecule has 0 aromatic carbocycles. The fraction of sp³-hybridized carbons (Fsp3) is 0.571. The van der Waals surface area contributed by atoms with Crippen molar-refractivity contribution in [3.63, 3.8) is 0 Å². The molecule has 0 radical (unpaired) electrons. The lowest BCUT2D eigenvalue weighted by atomic mass is 10.0. The van der Waals surface area contributed by atoms with Crippen LogP contribution in [-0.2, 0) is 11.3 Å². The predicted molar refractivity (Wildman–Crippen MR) is 72.9 cm³/mol. The van der Waals surface area contributed by atoms with Gasteiger partial charge in [-0.1, -0.05) is 6.92 Å². The third kappa shape index (κ3) is 5.27. The van der Waals surface area contributed by atoms with Crippen molar-refractivity contribution in [2.24, 2.45) is 11.7 Å². The Balaban J connectivity index is 2.27. The summed E-state index contributed by atoms with van der Waals surface area (Å²) in [7, 11) is 0. The molecule has 0 saturated heterocycles. The minimum Gasteiger partial charge on any atom is -0.352 e. The van der Waals surface area contributed by atoms with Crippen LogP contribution in [0.1, 0.15) is 37.3 Å². The molecule has 1 aromatic heterocycles. The lowest BCUT2D eigenvalue weighted by Crippen LogP contribution is -2.23. The average molecular weight is 249 g/mol. The zero-order valence-electron chi connectivity index (χ0n) is 11.3. The molecule has 1 amide bonds. The van der Waals surface area contributed by atoms with Crippen LogP contribution in [0.2, 0.25) is 0 Å². The lowest BCUT2D eigenvalue weighted by Gasteiger charge is -2.10. The van der Waals surface area contributed by atoms with Crippen LogP contribution in [0.15, 0.2) is 18.5 Å². The molecule has 1 rings (SSSR count). The topological polar surface area (TPSA) is 68.0 Å². The monoisotopic (exact) mass is 249 g/mol. The number of pyridine rings is 1. The third-order valence-corrected chi connectivity index (χ3v) is 3.15. The zero-order valence-corrected chi connectivity index (χ0v) is 11.3. The average Bonchev–Trinajstić information content (AvgIpc) is 2.36. The summed E-state index contributed by atoms with van der Waals surface area (Å²) in [6.45, 7) is 5.40. The molecular formula is C14H23N3O. The maximum absolute atomic E-state index is 11.7. The Hall–Kier alpha value is -1.42. The minimum absolute atomic E-state index is 0.0992. The molecule has 0 aliphatic heterocycles. The molecule has 1 unspecified atom stereocenters. The van der Waals surface area contributed by atoms with E-state index in [-0.39, 0.29) is 5.91 Å². The minimum atomic E-state index is 0.0992. The van der Waals surface area contributed by atoms with Gasteiger partial charge < -0.3 is 11.1 Å². The van der Waals surface area contributed by atoms with E-state index >= 15 is 0 Å². The molecule has 0 saturated carbocycles. The van der Waals surface area contributed by atoms with Crippen LogP contribution in [0, 0.1) is 12.8 Å². The van der Waals surface area contributed by atoms with E-state index in [1.54, 1.807) is 12.4 Å². The van der Waals surface area contributed by atoms with Crippen molar-refractivity contribution in [3.05, 3.63) is 29.6 Å². The summed E-state index contributed by atoms with van der Waals surface area (Å²) < 4.78 is 0. The summed E-state index contributed by atoms with van der Waals surface area (Å²) in [5, 5.41) is 2.93. The van der Waals surface area contributed by atoms with Gasteiger partial charge in [0.2, 0.25) is 5.91 Å². The summed E-state index contributed by atoms with van der Waals surface area (Å²) in [5.74, 6) is 0.614. The Morgan fingerprint density at radius 2 is 2.28 bits per heavy atom. The van der Waals surface area contributed by atoms with Crippen LogP contribution in [0.3, 0.4) is 0 Å². The first-order chi connectivity index (χ1) is 8.63. The normalized spacial score (nSPS) is 12.2. The van der Waals surface area contributed by atoms with Gasteiger partial charge >= 0.3 is 0 Å². The van der Waals surface area contributed by atoms with Gasteiger partial charge in [-0.2, -0.15) is 0 Å². The molecule has 18 heavy (non-hydrogen) atoms. The highest BCUT2D eigenvalue weighted by molar-refractivity contribution is 5.75. The fourth-order valence-electron chi connectivity index (χ4n) is 1.77. The summed E-state index contributed by atoms with van der Waals surface area (Å²) in [4.78, 5) is 15.7. The number of nitrogens with two attached hydrogens (primary N) is 1. The van der Waals surface area contributed by atoms with Gasteiger partial charge in [-0.15, -0.1) is 0 Å². The third-order valence-electron chi connectivity index (χ3n) is 3.15. The molecule has 4 nitrogen and oxygen atoms in total. The van der Waals surface area contributed by atoms with Crippen LogP contribution in [0.4, 0.5) is 0 Å². The zero-order chi connectivity index (χ0) is 13.4. The van der Waals surface area contributed by atoms with Gasteiger partial charge in [0.05, 0.1) is 0 Å².